The molecule has 0 unspecified atom stereocenters. The van der Waals surface area contributed by atoms with E-state index in [-0.39, 0.29) is 11.8 Å². The maximum Gasteiger partial charge on any atom is 0.235 e. The molecule has 7 heteroatoms. The monoisotopic (exact) mass is 342 g/mol. The largest absolute Gasteiger partial charge is 0.492 e. The van der Waals surface area contributed by atoms with Crippen molar-refractivity contribution in [3.05, 3.63) is 42.2 Å². The van der Waals surface area contributed by atoms with E-state index in [1.54, 1.807) is 6.20 Å². The molecule has 0 spiro atoms. The van der Waals surface area contributed by atoms with E-state index in [2.05, 4.69) is 15.3 Å². The Labute approximate surface area is 146 Å². The Bertz CT molecular complexity index is 739. The second kappa shape index (κ2) is 7.25. The summed E-state index contributed by atoms with van der Waals surface area (Å²) in [7, 11) is 0. The summed E-state index contributed by atoms with van der Waals surface area (Å²) in [6.45, 7) is 5.64. The highest BCUT2D eigenvalue weighted by Gasteiger charge is 2.30. The molecule has 0 saturated carbocycles. The lowest BCUT2D eigenvalue weighted by molar-refractivity contribution is -0.117. The molecule has 2 aliphatic rings. The lowest BCUT2D eigenvalue weighted by Crippen LogP contribution is -2.38. The van der Waals surface area contributed by atoms with Crippen molar-refractivity contribution < 1.29 is 14.3 Å². The van der Waals surface area contributed by atoms with Gasteiger partial charge in [-0.25, -0.2) is 0 Å². The number of anilines is 1. The highest BCUT2D eigenvalue weighted by Crippen LogP contribution is 2.34. The molecule has 1 atom stereocenters. The van der Waals surface area contributed by atoms with E-state index < -0.39 is 0 Å². The third-order valence-corrected chi connectivity index (χ3v) is 4.67. The fraction of sp³-hybridized carbons (Fsp3) is 0.444. The molecule has 0 aliphatic carbocycles. The molecule has 4 rings (SSSR count). The van der Waals surface area contributed by atoms with Gasteiger partial charge in [-0.15, -0.1) is 0 Å². The highest BCUT2D eigenvalue weighted by molar-refractivity contribution is 5.96. The fourth-order valence-electron chi connectivity index (χ4n) is 3.23. The van der Waals surface area contributed by atoms with Crippen LogP contribution < -0.4 is 10.1 Å². The third kappa shape index (κ3) is 3.67. The molecule has 1 fully saturated rings. The van der Waals surface area contributed by atoms with Gasteiger partial charge in [0.15, 0.2) is 0 Å². The van der Waals surface area contributed by atoms with Crippen LogP contribution in [0.2, 0.25) is 0 Å². The van der Waals surface area contributed by atoms with Crippen LogP contribution >= 0.6 is 0 Å². The van der Waals surface area contributed by atoms with E-state index in [4.69, 9.17) is 9.47 Å². The number of amides is 1. The fourth-order valence-corrected chi connectivity index (χ4v) is 3.23. The van der Waals surface area contributed by atoms with Crippen molar-refractivity contribution in [2.45, 2.75) is 12.5 Å². The summed E-state index contributed by atoms with van der Waals surface area (Å²) in [5, 5.41) is 7.28. The number of carbonyl (C=O) groups is 1. The number of fused-ring (bicyclic) bond motifs is 1. The van der Waals surface area contributed by atoms with Gasteiger partial charge in [0, 0.05) is 31.4 Å². The van der Waals surface area contributed by atoms with Gasteiger partial charge in [0.2, 0.25) is 5.91 Å². The number of carbonyl (C=O) groups excluding carboxylic acids is 1. The lowest BCUT2D eigenvalue weighted by Gasteiger charge is -2.26. The SMILES string of the molecule is O=C(Nc1cnn(CCN2CCOCC2)c1)[C@@H]1COc2ccccc21. The zero-order valence-electron chi connectivity index (χ0n) is 14.1. The standard InChI is InChI=1S/C18H22N4O3/c23-18(16-13-25-17-4-2-1-3-15(16)17)20-14-11-19-22(12-14)6-5-21-7-9-24-10-8-21/h1-4,11-12,16H,5-10,13H2,(H,20,23)/t16-/m1/s1. The molecule has 3 heterocycles. The summed E-state index contributed by atoms with van der Waals surface area (Å²) in [5.41, 5.74) is 1.66. The van der Waals surface area contributed by atoms with Crippen LogP contribution in [-0.4, -0.2) is 60.0 Å². The van der Waals surface area contributed by atoms with Crippen LogP contribution in [0.1, 0.15) is 11.5 Å². The van der Waals surface area contributed by atoms with Gasteiger partial charge in [-0.1, -0.05) is 18.2 Å². The molecule has 2 aliphatic heterocycles. The van der Waals surface area contributed by atoms with Crippen molar-refractivity contribution in [3.63, 3.8) is 0 Å². The number of nitrogens with one attached hydrogen (secondary N) is 1. The minimum absolute atomic E-state index is 0.0577. The second-order valence-corrected chi connectivity index (χ2v) is 6.34. The number of para-hydroxylation sites is 1. The first-order valence-electron chi connectivity index (χ1n) is 8.65. The molecule has 1 aromatic carbocycles. The molecular weight excluding hydrogens is 320 g/mol. The molecular formula is C18H22N4O3. The summed E-state index contributed by atoms with van der Waals surface area (Å²) < 4.78 is 12.8. The number of benzene rings is 1. The summed E-state index contributed by atoms with van der Waals surface area (Å²) >= 11 is 0. The maximum atomic E-state index is 12.5. The summed E-state index contributed by atoms with van der Waals surface area (Å²) in [6, 6.07) is 7.68. The van der Waals surface area contributed by atoms with Crippen LogP contribution in [0.15, 0.2) is 36.7 Å². The molecule has 25 heavy (non-hydrogen) atoms. The zero-order valence-corrected chi connectivity index (χ0v) is 14.1. The predicted octanol–water partition coefficient (Wildman–Crippen LogP) is 1.33. The van der Waals surface area contributed by atoms with E-state index in [9.17, 15) is 4.79 Å². The minimum atomic E-state index is -0.270. The van der Waals surface area contributed by atoms with Crippen LogP contribution in [0.5, 0.6) is 5.75 Å². The minimum Gasteiger partial charge on any atom is -0.492 e. The zero-order chi connectivity index (χ0) is 17.1. The van der Waals surface area contributed by atoms with Gasteiger partial charge >= 0.3 is 0 Å². The number of rotatable bonds is 5. The summed E-state index contributed by atoms with van der Waals surface area (Å²) in [5.74, 6) is 0.467. The van der Waals surface area contributed by atoms with E-state index in [1.807, 2.05) is 35.1 Å². The van der Waals surface area contributed by atoms with Crippen molar-refractivity contribution in [1.82, 2.24) is 14.7 Å². The van der Waals surface area contributed by atoms with E-state index in [0.717, 1.165) is 56.4 Å². The molecule has 2 aromatic rings. The average molecular weight is 342 g/mol. The number of hydrogen-bond donors (Lipinski definition) is 1. The third-order valence-electron chi connectivity index (χ3n) is 4.67. The van der Waals surface area contributed by atoms with E-state index in [0.29, 0.717) is 6.61 Å². The van der Waals surface area contributed by atoms with Gasteiger partial charge in [0.25, 0.3) is 0 Å². The van der Waals surface area contributed by atoms with Crippen LogP contribution in [0.3, 0.4) is 0 Å². The number of nitrogens with zero attached hydrogens (tertiary/aromatic N) is 3. The Kier molecular flexibility index (Phi) is 4.67. The number of aromatic nitrogens is 2. The van der Waals surface area contributed by atoms with Crippen molar-refractivity contribution in [2.24, 2.45) is 0 Å². The first-order chi connectivity index (χ1) is 12.3. The van der Waals surface area contributed by atoms with Gasteiger partial charge in [0.1, 0.15) is 18.3 Å². The van der Waals surface area contributed by atoms with Crippen LogP contribution in [0.25, 0.3) is 0 Å². The molecule has 1 saturated heterocycles. The van der Waals surface area contributed by atoms with Crippen molar-refractivity contribution in [1.29, 1.82) is 0 Å². The first-order valence-corrected chi connectivity index (χ1v) is 8.65. The Hall–Kier alpha value is -2.38. The Balaban J connectivity index is 1.32. The molecule has 7 nitrogen and oxygen atoms in total. The number of hydrogen-bond acceptors (Lipinski definition) is 5. The smallest absolute Gasteiger partial charge is 0.235 e. The van der Waals surface area contributed by atoms with Gasteiger partial charge in [-0.2, -0.15) is 5.10 Å². The first kappa shape index (κ1) is 16.1. The number of ether oxygens (including phenoxy) is 2. The molecule has 1 N–H and O–H groups in total. The Morgan fingerprint density at radius 1 is 1.24 bits per heavy atom. The average Bonchev–Trinajstić information content (AvgIpc) is 3.27. The topological polar surface area (TPSA) is 68.6 Å². The lowest BCUT2D eigenvalue weighted by atomic mass is 10.0. The van der Waals surface area contributed by atoms with E-state index in [1.165, 1.54) is 0 Å². The molecule has 0 bridgehead atoms. The molecule has 132 valence electrons. The Morgan fingerprint density at radius 3 is 2.96 bits per heavy atom. The maximum absolute atomic E-state index is 12.5. The number of morpholine rings is 1. The van der Waals surface area contributed by atoms with Crippen LogP contribution in [0.4, 0.5) is 5.69 Å². The highest BCUT2D eigenvalue weighted by atomic mass is 16.5. The van der Waals surface area contributed by atoms with Crippen LogP contribution in [0, 0.1) is 0 Å². The van der Waals surface area contributed by atoms with Gasteiger partial charge in [-0.05, 0) is 6.07 Å². The van der Waals surface area contributed by atoms with Crippen molar-refractivity contribution in [2.75, 3.05) is 44.8 Å². The van der Waals surface area contributed by atoms with Crippen molar-refractivity contribution in [3.8, 4) is 5.75 Å². The molecule has 1 amide bonds. The van der Waals surface area contributed by atoms with E-state index >= 15 is 0 Å². The molecule has 0 radical (unpaired) electrons. The van der Waals surface area contributed by atoms with Gasteiger partial charge < -0.3 is 14.8 Å². The molecule has 1 aromatic heterocycles. The van der Waals surface area contributed by atoms with Gasteiger partial charge in [-0.3, -0.25) is 14.4 Å². The summed E-state index contributed by atoms with van der Waals surface area (Å²) in [4.78, 5) is 14.9. The summed E-state index contributed by atoms with van der Waals surface area (Å²) in [6.07, 6.45) is 3.57. The second-order valence-electron chi connectivity index (χ2n) is 6.34. The quantitative estimate of drug-likeness (QED) is 0.888. The Morgan fingerprint density at radius 2 is 2.08 bits per heavy atom. The van der Waals surface area contributed by atoms with Gasteiger partial charge in [0.05, 0.1) is 31.6 Å². The normalized spacial score (nSPS) is 20.1. The van der Waals surface area contributed by atoms with Crippen molar-refractivity contribution >= 4 is 11.6 Å². The predicted molar refractivity (Wildman–Crippen MR) is 92.8 cm³/mol. The van der Waals surface area contributed by atoms with Crippen LogP contribution in [-0.2, 0) is 16.1 Å².